The highest BCUT2D eigenvalue weighted by Gasteiger charge is 2.12. The molecule has 2 aromatic heterocycles. The third-order valence-corrected chi connectivity index (χ3v) is 2.29. The largest absolute Gasteiger partial charge is 0.363 e. The second-order valence-corrected chi connectivity index (χ2v) is 3.76. The molecule has 0 saturated carbocycles. The molecule has 1 N–H and O–H groups in total. The molecule has 0 aliphatic heterocycles. The van der Waals surface area contributed by atoms with Gasteiger partial charge in [-0.3, -0.25) is 4.79 Å². The summed E-state index contributed by atoms with van der Waals surface area (Å²) in [5, 5.41) is 13.2. The molecule has 2 aromatic rings. The molecular weight excluding hydrogens is 228 g/mol. The fourth-order valence-electron chi connectivity index (χ4n) is 0.744. The van der Waals surface area contributed by atoms with Crippen LogP contribution in [0.4, 0.5) is 5.82 Å². The second kappa shape index (κ2) is 3.72. The lowest BCUT2D eigenvalue weighted by atomic mass is 10.5. The first kappa shape index (κ1) is 9.10. The molecule has 0 aliphatic carbocycles. The average molecular weight is 231 g/mol. The van der Waals surface area contributed by atoms with Crippen molar-refractivity contribution < 1.29 is 9.32 Å². The number of halogens is 1. The van der Waals surface area contributed by atoms with Gasteiger partial charge < -0.3 is 9.84 Å². The third-order valence-electron chi connectivity index (χ3n) is 1.27. The lowest BCUT2D eigenvalue weighted by Crippen LogP contribution is -2.11. The van der Waals surface area contributed by atoms with Crippen LogP contribution < -0.4 is 5.32 Å². The molecule has 0 radical (unpaired) electrons. The third kappa shape index (κ3) is 1.88. The number of anilines is 1. The number of aromatic nitrogens is 3. The van der Waals surface area contributed by atoms with E-state index >= 15 is 0 Å². The van der Waals surface area contributed by atoms with E-state index in [1.54, 1.807) is 0 Å². The number of amides is 1. The number of carbonyl (C=O) groups excluding carboxylic acids is 1. The van der Waals surface area contributed by atoms with Crippen LogP contribution in [0, 0.1) is 0 Å². The van der Waals surface area contributed by atoms with Crippen molar-refractivity contribution in [1.29, 1.82) is 0 Å². The zero-order valence-electron chi connectivity index (χ0n) is 6.60. The SMILES string of the molecule is O=C(Nc1ccon1)c1nnc(Cl)s1. The van der Waals surface area contributed by atoms with Crippen molar-refractivity contribution in [3.05, 3.63) is 21.8 Å². The number of nitrogens with zero attached hydrogens (tertiary/aromatic N) is 3. The second-order valence-electron chi connectivity index (χ2n) is 2.20. The maximum atomic E-state index is 11.4. The van der Waals surface area contributed by atoms with E-state index in [1.165, 1.54) is 12.3 Å². The van der Waals surface area contributed by atoms with Crippen LogP contribution in [0.1, 0.15) is 9.80 Å². The Kier molecular flexibility index (Phi) is 2.42. The van der Waals surface area contributed by atoms with Gasteiger partial charge in [-0.2, -0.15) is 0 Å². The minimum Gasteiger partial charge on any atom is -0.363 e. The molecule has 72 valence electrons. The van der Waals surface area contributed by atoms with E-state index in [1.807, 2.05) is 0 Å². The smallest absolute Gasteiger partial charge is 0.287 e. The summed E-state index contributed by atoms with van der Waals surface area (Å²) in [5.74, 6) is -0.0929. The molecular formula is C6H3ClN4O2S. The van der Waals surface area contributed by atoms with E-state index in [0.29, 0.717) is 5.82 Å². The normalized spacial score (nSPS) is 10.1. The molecule has 8 heteroatoms. The molecule has 0 atom stereocenters. The molecule has 2 heterocycles. The highest BCUT2D eigenvalue weighted by atomic mass is 35.5. The molecule has 14 heavy (non-hydrogen) atoms. The Labute approximate surface area is 86.9 Å². The van der Waals surface area contributed by atoms with Gasteiger partial charge in [-0.1, -0.05) is 16.5 Å². The van der Waals surface area contributed by atoms with Crippen molar-refractivity contribution in [1.82, 2.24) is 15.4 Å². The zero-order chi connectivity index (χ0) is 9.97. The highest BCUT2D eigenvalue weighted by molar-refractivity contribution is 7.17. The van der Waals surface area contributed by atoms with Gasteiger partial charge in [0.05, 0.1) is 0 Å². The maximum absolute atomic E-state index is 11.4. The van der Waals surface area contributed by atoms with Gasteiger partial charge >= 0.3 is 0 Å². The van der Waals surface area contributed by atoms with Crippen LogP contribution in [-0.2, 0) is 0 Å². The van der Waals surface area contributed by atoms with Gasteiger partial charge in [-0.25, -0.2) is 0 Å². The van der Waals surface area contributed by atoms with E-state index in [-0.39, 0.29) is 9.47 Å². The van der Waals surface area contributed by atoms with Crippen molar-refractivity contribution >= 4 is 34.7 Å². The molecule has 0 spiro atoms. The molecule has 1 amide bonds. The number of nitrogens with one attached hydrogen (secondary N) is 1. The van der Waals surface area contributed by atoms with E-state index in [4.69, 9.17) is 11.6 Å². The zero-order valence-corrected chi connectivity index (χ0v) is 8.17. The van der Waals surface area contributed by atoms with Crippen LogP contribution in [0.15, 0.2) is 16.9 Å². The first-order chi connectivity index (χ1) is 6.75. The summed E-state index contributed by atoms with van der Waals surface area (Å²) >= 11 is 6.51. The maximum Gasteiger partial charge on any atom is 0.287 e. The predicted octanol–water partition coefficient (Wildman–Crippen LogP) is 1.43. The van der Waals surface area contributed by atoms with Crippen LogP contribution in [0.3, 0.4) is 0 Å². The number of rotatable bonds is 2. The molecule has 0 aliphatic rings. The number of hydrogen-bond acceptors (Lipinski definition) is 6. The number of hydrogen-bond donors (Lipinski definition) is 1. The number of carbonyl (C=O) groups is 1. The minimum atomic E-state index is -0.414. The predicted molar refractivity (Wildman–Crippen MR) is 49.4 cm³/mol. The Morgan fingerprint density at radius 2 is 2.43 bits per heavy atom. The first-order valence-corrected chi connectivity index (χ1v) is 4.66. The van der Waals surface area contributed by atoms with Gasteiger partial charge in [0.25, 0.3) is 5.91 Å². The molecule has 0 saturated heterocycles. The summed E-state index contributed by atoms with van der Waals surface area (Å²) in [6.07, 6.45) is 1.35. The summed E-state index contributed by atoms with van der Waals surface area (Å²) in [7, 11) is 0. The van der Waals surface area contributed by atoms with E-state index < -0.39 is 5.91 Å². The van der Waals surface area contributed by atoms with Crippen LogP contribution in [0.5, 0.6) is 0 Å². The summed E-state index contributed by atoms with van der Waals surface area (Å²) in [4.78, 5) is 11.4. The standard InChI is InChI=1S/C6H3ClN4O2S/c7-6-10-9-5(14-6)4(12)8-3-1-2-13-11-3/h1-2H,(H,8,11,12). The molecule has 0 bridgehead atoms. The van der Waals surface area contributed by atoms with Crippen LogP contribution in [0.2, 0.25) is 4.47 Å². The average Bonchev–Trinajstić information content (AvgIpc) is 2.75. The van der Waals surface area contributed by atoms with Crippen molar-refractivity contribution in [3.63, 3.8) is 0 Å². The van der Waals surface area contributed by atoms with E-state index in [0.717, 1.165) is 11.3 Å². The first-order valence-electron chi connectivity index (χ1n) is 3.46. The quantitative estimate of drug-likeness (QED) is 0.844. The molecule has 0 fully saturated rings. The van der Waals surface area contributed by atoms with Crippen molar-refractivity contribution in [3.8, 4) is 0 Å². The Morgan fingerprint density at radius 1 is 1.57 bits per heavy atom. The molecule has 2 rings (SSSR count). The summed E-state index contributed by atoms with van der Waals surface area (Å²) < 4.78 is 4.75. The molecule has 0 unspecified atom stereocenters. The Bertz CT molecular complexity index is 440. The Morgan fingerprint density at radius 3 is 3.00 bits per heavy atom. The lowest BCUT2D eigenvalue weighted by Gasteiger charge is -1.94. The van der Waals surface area contributed by atoms with Crippen LogP contribution in [0.25, 0.3) is 0 Å². The van der Waals surface area contributed by atoms with Gasteiger partial charge in [0.1, 0.15) is 6.26 Å². The van der Waals surface area contributed by atoms with Gasteiger partial charge in [0.2, 0.25) is 9.47 Å². The van der Waals surface area contributed by atoms with Gasteiger partial charge in [-0.05, 0) is 11.6 Å². The highest BCUT2D eigenvalue weighted by Crippen LogP contribution is 2.15. The fourth-order valence-corrected chi connectivity index (χ4v) is 1.47. The van der Waals surface area contributed by atoms with E-state index in [9.17, 15) is 4.79 Å². The van der Waals surface area contributed by atoms with Gasteiger partial charge in [-0.15, -0.1) is 10.2 Å². The van der Waals surface area contributed by atoms with Gasteiger partial charge in [0, 0.05) is 6.07 Å². The Balaban J connectivity index is 2.10. The molecule has 0 aromatic carbocycles. The summed E-state index contributed by atoms with van der Waals surface area (Å²) in [6, 6.07) is 1.51. The van der Waals surface area contributed by atoms with Crippen molar-refractivity contribution in [2.75, 3.05) is 5.32 Å². The minimum absolute atomic E-state index is 0.179. The van der Waals surface area contributed by atoms with Crippen molar-refractivity contribution in [2.45, 2.75) is 0 Å². The summed E-state index contributed by atoms with van der Waals surface area (Å²) in [5.41, 5.74) is 0. The monoisotopic (exact) mass is 230 g/mol. The van der Waals surface area contributed by atoms with E-state index in [2.05, 4.69) is 25.2 Å². The molecule has 6 nitrogen and oxygen atoms in total. The summed E-state index contributed by atoms with van der Waals surface area (Å²) in [6.45, 7) is 0. The van der Waals surface area contributed by atoms with Gasteiger partial charge in [0.15, 0.2) is 5.82 Å². The van der Waals surface area contributed by atoms with Crippen LogP contribution >= 0.6 is 22.9 Å². The Hall–Kier alpha value is -1.47. The fraction of sp³-hybridized carbons (Fsp3) is 0. The topological polar surface area (TPSA) is 80.9 Å². The van der Waals surface area contributed by atoms with Crippen molar-refractivity contribution in [2.24, 2.45) is 0 Å². The lowest BCUT2D eigenvalue weighted by molar-refractivity contribution is 0.102. The van der Waals surface area contributed by atoms with Crippen LogP contribution in [-0.4, -0.2) is 21.3 Å².